The van der Waals surface area contributed by atoms with Crippen LogP contribution in [0.25, 0.3) is 55.8 Å². The van der Waals surface area contributed by atoms with Gasteiger partial charge in [0.2, 0.25) is 0 Å². The molecule has 0 aliphatic heterocycles. The number of halogens is 2. The molecule has 0 aliphatic rings. The first-order valence-electron chi connectivity index (χ1n) is 11.3. The zero-order chi connectivity index (χ0) is 24.8. The summed E-state index contributed by atoms with van der Waals surface area (Å²) in [6.45, 7) is 0.728. The SMILES string of the molecule is CN(C)Cc1cncc(-c2cc(F)c3n[nH]c(-c4nc5c(-c6ccc(F)cc6)nccc5[nH]4)c3c2)c1. The Labute approximate surface area is 204 Å². The highest BCUT2D eigenvalue weighted by molar-refractivity contribution is 5.97. The van der Waals surface area contributed by atoms with Gasteiger partial charge in [-0.1, -0.05) is 0 Å². The number of imidazole rings is 1. The van der Waals surface area contributed by atoms with Crippen LogP contribution in [0.3, 0.4) is 0 Å². The number of fused-ring (bicyclic) bond motifs is 2. The summed E-state index contributed by atoms with van der Waals surface area (Å²) in [6, 6.07) is 13.3. The van der Waals surface area contributed by atoms with Crippen molar-refractivity contribution in [1.29, 1.82) is 0 Å². The van der Waals surface area contributed by atoms with Gasteiger partial charge in [-0.05, 0) is 73.8 Å². The van der Waals surface area contributed by atoms with Crippen LogP contribution in [0.2, 0.25) is 0 Å². The van der Waals surface area contributed by atoms with Crippen LogP contribution in [0.15, 0.2) is 67.1 Å². The van der Waals surface area contributed by atoms with Gasteiger partial charge in [-0.15, -0.1) is 0 Å². The van der Waals surface area contributed by atoms with E-state index in [-0.39, 0.29) is 11.3 Å². The number of hydrogen-bond acceptors (Lipinski definition) is 5. The highest BCUT2D eigenvalue weighted by Gasteiger charge is 2.18. The summed E-state index contributed by atoms with van der Waals surface area (Å²) in [5, 5.41) is 7.74. The van der Waals surface area contributed by atoms with Gasteiger partial charge < -0.3 is 9.88 Å². The Hall–Kier alpha value is -4.50. The van der Waals surface area contributed by atoms with E-state index >= 15 is 4.39 Å². The molecular formula is C27H21F2N7. The Morgan fingerprint density at radius 2 is 1.72 bits per heavy atom. The molecule has 7 nitrogen and oxygen atoms in total. The first kappa shape index (κ1) is 22.0. The number of aromatic nitrogens is 6. The van der Waals surface area contributed by atoms with Gasteiger partial charge in [0.15, 0.2) is 11.6 Å². The van der Waals surface area contributed by atoms with Crippen molar-refractivity contribution in [2.24, 2.45) is 0 Å². The average Bonchev–Trinajstić information content (AvgIpc) is 3.48. The van der Waals surface area contributed by atoms with Crippen LogP contribution >= 0.6 is 0 Å². The molecule has 0 aliphatic carbocycles. The standard InChI is InChI=1S/C27H21F2N7/c1-36(2)14-15-9-18(13-30-12-15)17-10-20-24(21(29)11-17)34-35-25(20)27-32-22-7-8-31-23(26(22)33-27)16-3-5-19(28)6-4-16/h3-13H,14H2,1-2H3,(H,32,33)(H,34,35). The van der Waals surface area contributed by atoms with Gasteiger partial charge in [-0.3, -0.25) is 15.1 Å². The third kappa shape index (κ3) is 3.89. The summed E-state index contributed by atoms with van der Waals surface area (Å²) in [7, 11) is 3.97. The van der Waals surface area contributed by atoms with E-state index < -0.39 is 5.82 Å². The fraction of sp³-hybridized carbons (Fsp3) is 0.111. The Morgan fingerprint density at radius 3 is 2.53 bits per heavy atom. The van der Waals surface area contributed by atoms with Crippen molar-refractivity contribution in [2.45, 2.75) is 6.54 Å². The van der Waals surface area contributed by atoms with Gasteiger partial charge in [0.05, 0.1) is 11.2 Å². The van der Waals surface area contributed by atoms with Crippen LogP contribution in [0.1, 0.15) is 5.56 Å². The number of pyridine rings is 2. The van der Waals surface area contributed by atoms with E-state index in [1.54, 1.807) is 24.5 Å². The van der Waals surface area contributed by atoms with E-state index in [2.05, 4.69) is 30.0 Å². The van der Waals surface area contributed by atoms with Crippen LogP contribution in [-0.4, -0.2) is 49.1 Å². The van der Waals surface area contributed by atoms with E-state index in [9.17, 15) is 4.39 Å². The van der Waals surface area contributed by atoms with Crippen LogP contribution in [0.4, 0.5) is 8.78 Å². The molecule has 0 amide bonds. The van der Waals surface area contributed by atoms with Crippen LogP contribution in [0.5, 0.6) is 0 Å². The van der Waals surface area contributed by atoms with Gasteiger partial charge in [-0.2, -0.15) is 5.10 Å². The summed E-state index contributed by atoms with van der Waals surface area (Å²) < 4.78 is 28.5. The van der Waals surface area contributed by atoms with Crippen LogP contribution in [-0.2, 0) is 6.54 Å². The Bertz CT molecular complexity index is 1720. The molecule has 178 valence electrons. The highest BCUT2D eigenvalue weighted by atomic mass is 19.1. The van der Waals surface area contributed by atoms with Crippen molar-refractivity contribution in [3.63, 3.8) is 0 Å². The minimum Gasteiger partial charge on any atom is -0.337 e. The number of H-pyrrole nitrogens is 2. The molecule has 0 bridgehead atoms. The summed E-state index contributed by atoms with van der Waals surface area (Å²) in [5.41, 5.74) is 6.06. The molecule has 0 unspecified atom stereocenters. The second-order valence-electron chi connectivity index (χ2n) is 8.92. The number of rotatable bonds is 5. The first-order chi connectivity index (χ1) is 17.5. The maximum absolute atomic E-state index is 15.1. The van der Waals surface area contributed by atoms with E-state index in [0.717, 1.165) is 28.8 Å². The molecule has 4 heterocycles. The average molecular weight is 482 g/mol. The van der Waals surface area contributed by atoms with Gasteiger partial charge in [-0.25, -0.2) is 13.8 Å². The lowest BCUT2D eigenvalue weighted by Gasteiger charge is -2.10. The molecule has 2 N–H and O–H groups in total. The molecular weight excluding hydrogens is 460 g/mol. The smallest absolute Gasteiger partial charge is 0.157 e. The van der Waals surface area contributed by atoms with Gasteiger partial charge in [0.1, 0.15) is 22.5 Å². The summed E-state index contributed by atoms with van der Waals surface area (Å²) >= 11 is 0. The normalized spacial score (nSPS) is 11.7. The highest BCUT2D eigenvalue weighted by Crippen LogP contribution is 2.33. The lowest BCUT2D eigenvalue weighted by molar-refractivity contribution is 0.402. The van der Waals surface area contributed by atoms with Gasteiger partial charge in [0, 0.05) is 41.6 Å². The van der Waals surface area contributed by atoms with Crippen LogP contribution in [0, 0.1) is 11.6 Å². The van der Waals surface area contributed by atoms with Crippen molar-refractivity contribution in [1.82, 2.24) is 35.0 Å². The van der Waals surface area contributed by atoms with E-state index in [0.29, 0.717) is 33.7 Å². The molecule has 9 heteroatoms. The molecule has 0 saturated heterocycles. The lowest BCUT2D eigenvalue weighted by atomic mass is 10.0. The minimum absolute atomic E-state index is 0.225. The second kappa shape index (κ2) is 8.62. The topological polar surface area (TPSA) is 86.4 Å². The molecule has 0 radical (unpaired) electrons. The Balaban J connectivity index is 1.47. The van der Waals surface area contributed by atoms with Gasteiger partial charge >= 0.3 is 0 Å². The number of aromatic amines is 2. The summed E-state index contributed by atoms with van der Waals surface area (Å²) in [6.07, 6.45) is 5.20. The quantitative estimate of drug-likeness (QED) is 0.336. The van der Waals surface area contributed by atoms with E-state index in [1.165, 1.54) is 18.2 Å². The molecule has 0 saturated carbocycles. The third-order valence-electron chi connectivity index (χ3n) is 5.99. The molecule has 2 aromatic carbocycles. The maximum Gasteiger partial charge on any atom is 0.157 e. The van der Waals surface area contributed by atoms with E-state index in [1.807, 2.05) is 38.5 Å². The predicted octanol–water partition coefficient (Wildman–Crippen LogP) is 5.57. The van der Waals surface area contributed by atoms with E-state index in [4.69, 9.17) is 4.98 Å². The van der Waals surface area contributed by atoms with Crippen molar-refractivity contribution in [3.05, 3.63) is 84.3 Å². The second-order valence-corrected chi connectivity index (χ2v) is 8.92. The first-order valence-corrected chi connectivity index (χ1v) is 11.3. The molecule has 4 aromatic heterocycles. The molecule has 0 fully saturated rings. The van der Waals surface area contributed by atoms with Crippen LogP contribution < -0.4 is 0 Å². The number of hydrogen-bond donors (Lipinski definition) is 2. The molecule has 6 rings (SSSR count). The maximum atomic E-state index is 15.1. The van der Waals surface area contributed by atoms with Crippen molar-refractivity contribution >= 4 is 21.9 Å². The van der Waals surface area contributed by atoms with Crippen molar-refractivity contribution < 1.29 is 8.78 Å². The fourth-order valence-electron chi connectivity index (χ4n) is 4.39. The Morgan fingerprint density at radius 1 is 0.889 bits per heavy atom. The summed E-state index contributed by atoms with van der Waals surface area (Å²) in [4.78, 5) is 18.9. The zero-order valence-electron chi connectivity index (χ0n) is 19.5. The Kier molecular flexibility index (Phi) is 5.26. The van der Waals surface area contributed by atoms with Crippen molar-refractivity contribution in [3.8, 4) is 33.9 Å². The minimum atomic E-state index is -0.437. The van der Waals surface area contributed by atoms with Crippen molar-refractivity contribution in [2.75, 3.05) is 14.1 Å². The molecule has 6 aromatic rings. The largest absolute Gasteiger partial charge is 0.337 e. The summed E-state index contributed by atoms with van der Waals surface area (Å²) in [5.74, 6) is -0.259. The lowest BCUT2D eigenvalue weighted by Crippen LogP contribution is -2.10. The zero-order valence-corrected chi connectivity index (χ0v) is 19.5. The number of nitrogens with zero attached hydrogens (tertiary/aromatic N) is 5. The number of nitrogens with one attached hydrogen (secondary N) is 2. The fourth-order valence-corrected chi connectivity index (χ4v) is 4.39. The monoisotopic (exact) mass is 481 g/mol. The molecule has 0 spiro atoms. The third-order valence-corrected chi connectivity index (χ3v) is 5.99. The molecule has 0 atom stereocenters. The van der Waals surface area contributed by atoms with Gasteiger partial charge in [0.25, 0.3) is 0 Å². The predicted molar refractivity (Wildman–Crippen MR) is 135 cm³/mol. The number of benzene rings is 2. The molecule has 36 heavy (non-hydrogen) atoms.